The summed E-state index contributed by atoms with van der Waals surface area (Å²) in [6.45, 7) is 1.71. The van der Waals surface area contributed by atoms with Gasteiger partial charge >= 0.3 is 0 Å². The smallest absolute Gasteiger partial charge is 0.276 e. The Bertz CT molecular complexity index is 821. The Balaban J connectivity index is 1.78. The molecule has 0 bridgehead atoms. The Morgan fingerprint density at radius 3 is 2.65 bits per heavy atom. The van der Waals surface area contributed by atoms with Gasteiger partial charge in [0.2, 0.25) is 0 Å². The molecule has 2 rings (SSSR count). The van der Waals surface area contributed by atoms with Crippen LogP contribution in [0.2, 0.25) is 0 Å². The monoisotopic (exact) mass is 418 g/mol. The molecule has 2 amide bonds. The standard InChI is InChI=1S/C19H19BrN2O4/c1-13-11-15(8-9-16(13)20)26-12-19(24)22-21-18(23)10-7-14-5-3-4-6-17(14)25-2/h3-11H,12H2,1-2H3,(H,21,23)(H,22,24). The molecule has 0 heterocycles. The van der Waals surface area contributed by atoms with Crippen molar-refractivity contribution in [3.63, 3.8) is 0 Å². The topological polar surface area (TPSA) is 76.7 Å². The van der Waals surface area contributed by atoms with Gasteiger partial charge in [-0.15, -0.1) is 0 Å². The van der Waals surface area contributed by atoms with Gasteiger partial charge in [0, 0.05) is 16.1 Å². The molecule has 136 valence electrons. The number of ether oxygens (including phenoxy) is 2. The fourth-order valence-corrected chi connectivity index (χ4v) is 2.28. The summed E-state index contributed by atoms with van der Waals surface area (Å²) in [6, 6.07) is 12.7. The average Bonchev–Trinajstić information content (AvgIpc) is 2.65. The normalized spacial score (nSPS) is 10.4. The van der Waals surface area contributed by atoms with Gasteiger partial charge in [-0.3, -0.25) is 20.4 Å². The summed E-state index contributed by atoms with van der Waals surface area (Å²) in [7, 11) is 1.56. The van der Waals surface area contributed by atoms with E-state index in [4.69, 9.17) is 9.47 Å². The van der Waals surface area contributed by atoms with Crippen molar-refractivity contribution >= 4 is 33.8 Å². The van der Waals surface area contributed by atoms with Crippen LogP contribution in [0, 0.1) is 6.92 Å². The molecule has 0 fully saturated rings. The van der Waals surface area contributed by atoms with Crippen LogP contribution in [0.4, 0.5) is 0 Å². The summed E-state index contributed by atoms with van der Waals surface area (Å²) in [6.07, 6.45) is 2.90. The summed E-state index contributed by atoms with van der Waals surface area (Å²) < 4.78 is 11.5. The first-order valence-corrected chi connectivity index (χ1v) is 8.58. The number of rotatable bonds is 6. The molecule has 0 spiro atoms. The third kappa shape index (κ3) is 5.93. The van der Waals surface area contributed by atoms with Gasteiger partial charge in [0.05, 0.1) is 7.11 Å². The van der Waals surface area contributed by atoms with E-state index >= 15 is 0 Å². The molecule has 0 aliphatic heterocycles. The summed E-state index contributed by atoms with van der Waals surface area (Å²) in [5.74, 6) is 0.287. The SMILES string of the molecule is COc1ccccc1C=CC(=O)NNC(=O)COc1ccc(Br)c(C)c1. The van der Waals surface area contributed by atoms with E-state index in [0.29, 0.717) is 11.5 Å². The second-order valence-electron chi connectivity index (χ2n) is 5.31. The van der Waals surface area contributed by atoms with E-state index in [2.05, 4.69) is 26.8 Å². The Morgan fingerprint density at radius 1 is 1.15 bits per heavy atom. The number of benzene rings is 2. The number of amides is 2. The lowest BCUT2D eigenvalue weighted by Gasteiger charge is -2.09. The highest BCUT2D eigenvalue weighted by atomic mass is 79.9. The van der Waals surface area contributed by atoms with E-state index < -0.39 is 11.8 Å². The van der Waals surface area contributed by atoms with Crippen LogP contribution in [0.15, 0.2) is 53.0 Å². The zero-order chi connectivity index (χ0) is 18.9. The maximum atomic E-state index is 11.8. The van der Waals surface area contributed by atoms with Crippen LogP contribution in [0.25, 0.3) is 6.08 Å². The largest absolute Gasteiger partial charge is 0.496 e. The van der Waals surface area contributed by atoms with Crippen molar-refractivity contribution in [3.05, 3.63) is 64.1 Å². The van der Waals surface area contributed by atoms with Gasteiger partial charge in [0.1, 0.15) is 11.5 Å². The van der Waals surface area contributed by atoms with E-state index in [1.165, 1.54) is 6.08 Å². The molecule has 2 aromatic carbocycles. The number of hydrazine groups is 1. The van der Waals surface area contributed by atoms with Crippen LogP contribution in [0.1, 0.15) is 11.1 Å². The van der Waals surface area contributed by atoms with E-state index in [9.17, 15) is 9.59 Å². The number of methoxy groups -OCH3 is 1. The van der Waals surface area contributed by atoms with E-state index in [1.807, 2.05) is 37.3 Å². The first-order valence-electron chi connectivity index (χ1n) is 7.78. The molecule has 2 N–H and O–H groups in total. The highest BCUT2D eigenvalue weighted by Gasteiger charge is 2.05. The molecule has 0 aliphatic carbocycles. The first-order chi connectivity index (χ1) is 12.5. The highest BCUT2D eigenvalue weighted by molar-refractivity contribution is 9.10. The van der Waals surface area contributed by atoms with Crippen molar-refractivity contribution in [2.75, 3.05) is 13.7 Å². The molecule has 0 saturated carbocycles. The van der Waals surface area contributed by atoms with Gasteiger partial charge in [0.15, 0.2) is 6.61 Å². The number of carbonyl (C=O) groups excluding carboxylic acids is 2. The molecule has 7 heteroatoms. The summed E-state index contributed by atoms with van der Waals surface area (Å²) in [5.41, 5.74) is 6.33. The quantitative estimate of drug-likeness (QED) is 0.558. The Hall–Kier alpha value is -2.80. The maximum Gasteiger partial charge on any atom is 0.276 e. The van der Waals surface area contributed by atoms with Gasteiger partial charge in [-0.05, 0) is 42.8 Å². The van der Waals surface area contributed by atoms with Gasteiger partial charge in [0.25, 0.3) is 11.8 Å². The highest BCUT2D eigenvalue weighted by Crippen LogP contribution is 2.21. The van der Waals surface area contributed by atoms with E-state index in [-0.39, 0.29) is 6.61 Å². The number of hydrogen-bond donors (Lipinski definition) is 2. The zero-order valence-electron chi connectivity index (χ0n) is 14.4. The number of hydrogen-bond acceptors (Lipinski definition) is 4. The third-order valence-electron chi connectivity index (χ3n) is 3.38. The van der Waals surface area contributed by atoms with Crippen molar-refractivity contribution in [1.82, 2.24) is 10.9 Å². The van der Waals surface area contributed by atoms with Gasteiger partial charge in [-0.1, -0.05) is 34.1 Å². The van der Waals surface area contributed by atoms with Crippen LogP contribution in [-0.2, 0) is 9.59 Å². The number of halogens is 1. The Kier molecular flexibility index (Phi) is 7.23. The van der Waals surface area contributed by atoms with Gasteiger partial charge in [-0.2, -0.15) is 0 Å². The van der Waals surface area contributed by atoms with Crippen LogP contribution in [-0.4, -0.2) is 25.5 Å². The van der Waals surface area contributed by atoms with Crippen molar-refractivity contribution in [2.24, 2.45) is 0 Å². The minimum absolute atomic E-state index is 0.211. The lowest BCUT2D eigenvalue weighted by Crippen LogP contribution is -2.43. The van der Waals surface area contributed by atoms with E-state index in [1.54, 1.807) is 25.3 Å². The molecular formula is C19H19BrN2O4. The Morgan fingerprint density at radius 2 is 1.92 bits per heavy atom. The fourth-order valence-electron chi connectivity index (χ4n) is 2.03. The summed E-state index contributed by atoms with van der Waals surface area (Å²) in [4.78, 5) is 23.5. The lowest BCUT2D eigenvalue weighted by atomic mass is 10.2. The van der Waals surface area contributed by atoms with Crippen LogP contribution in [0.3, 0.4) is 0 Å². The van der Waals surface area contributed by atoms with Crippen LogP contribution < -0.4 is 20.3 Å². The molecule has 0 unspecified atom stereocenters. The Labute approximate surface area is 160 Å². The predicted molar refractivity (Wildman–Crippen MR) is 103 cm³/mol. The fraction of sp³-hybridized carbons (Fsp3) is 0.158. The van der Waals surface area contributed by atoms with Gasteiger partial charge < -0.3 is 9.47 Å². The zero-order valence-corrected chi connectivity index (χ0v) is 16.0. The molecule has 0 saturated heterocycles. The maximum absolute atomic E-state index is 11.8. The number of nitrogens with one attached hydrogen (secondary N) is 2. The number of carbonyl (C=O) groups is 2. The molecule has 0 aliphatic rings. The van der Waals surface area contributed by atoms with Crippen molar-refractivity contribution in [3.8, 4) is 11.5 Å². The van der Waals surface area contributed by atoms with Crippen LogP contribution in [0.5, 0.6) is 11.5 Å². The molecule has 2 aromatic rings. The van der Waals surface area contributed by atoms with Crippen molar-refractivity contribution < 1.29 is 19.1 Å². The minimum atomic E-state index is -0.469. The second-order valence-corrected chi connectivity index (χ2v) is 6.17. The lowest BCUT2D eigenvalue weighted by molar-refractivity contribution is -0.128. The summed E-state index contributed by atoms with van der Waals surface area (Å²) >= 11 is 3.39. The van der Waals surface area contributed by atoms with Gasteiger partial charge in [-0.25, -0.2) is 0 Å². The molecule has 0 radical (unpaired) electrons. The third-order valence-corrected chi connectivity index (χ3v) is 4.27. The molecule has 26 heavy (non-hydrogen) atoms. The molecule has 0 aromatic heterocycles. The average molecular weight is 419 g/mol. The number of aryl methyl sites for hydroxylation is 1. The van der Waals surface area contributed by atoms with Crippen LogP contribution >= 0.6 is 15.9 Å². The number of para-hydroxylation sites is 1. The molecule has 0 atom stereocenters. The second kappa shape index (κ2) is 9.62. The summed E-state index contributed by atoms with van der Waals surface area (Å²) in [5, 5.41) is 0. The molecular weight excluding hydrogens is 400 g/mol. The first kappa shape index (κ1) is 19.5. The molecule has 6 nitrogen and oxygen atoms in total. The predicted octanol–water partition coefficient (Wildman–Crippen LogP) is 3.01. The van der Waals surface area contributed by atoms with E-state index in [0.717, 1.165) is 15.6 Å². The minimum Gasteiger partial charge on any atom is -0.496 e. The van der Waals surface area contributed by atoms with Crippen molar-refractivity contribution in [2.45, 2.75) is 6.92 Å². The van der Waals surface area contributed by atoms with Crippen molar-refractivity contribution in [1.29, 1.82) is 0 Å².